The Hall–Kier alpha value is -4.56. The largest absolute Gasteiger partial charge is 1.00 e. The number of aryl methyl sites for hydroxylation is 2. The molecule has 0 aliphatic rings. The third-order valence-electron chi connectivity index (χ3n) is 7.56. The Morgan fingerprint density at radius 1 is 0.500 bits per heavy atom. The number of carbonyl (C=O) groups excluding carboxylic acids is 2. The van der Waals surface area contributed by atoms with Crippen LogP contribution >= 0.6 is 0 Å². The van der Waals surface area contributed by atoms with Gasteiger partial charge in [0.1, 0.15) is 13.1 Å². The van der Waals surface area contributed by atoms with E-state index in [1.165, 1.54) is 74.2 Å². The second-order valence-corrected chi connectivity index (χ2v) is 11.0. The van der Waals surface area contributed by atoms with Crippen LogP contribution in [0.3, 0.4) is 0 Å². The molecule has 254 valence electrons. The number of benzene rings is 2. The maximum atomic E-state index is 12.5. The molecule has 0 bridgehead atoms. The number of nitro benzene ring substituents is 2. The molecule has 2 aromatic heterocycles. The lowest BCUT2D eigenvalue weighted by atomic mass is 10.1. The second-order valence-electron chi connectivity index (χ2n) is 11.0. The summed E-state index contributed by atoms with van der Waals surface area (Å²) in [7, 11) is 0. The highest BCUT2D eigenvalue weighted by atomic mass is 79.9. The molecule has 0 aliphatic carbocycles. The van der Waals surface area contributed by atoms with Gasteiger partial charge in [-0.25, -0.2) is 9.13 Å². The van der Waals surface area contributed by atoms with E-state index in [2.05, 4.69) is 19.8 Å². The molecule has 4 rings (SSSR count). The van der Waals surface area contributed by atoms with E-state index in [4.69, 9.17) is 0 Å². The summed E-state index contributed by atoms with van der Waals surface area (Å²) in [5.74, 6) is -0.527. The first-order chi connectivity index (χ1) is 22.3. The van der Waals surface area contributed by atoms with Crippen molar-refractivity contribution in [1.29, 1.82) is 0 Å². The van der Waals surface area contributed by atoms with E-state index in [-0.39, 0.29) is 57.2 Å². The number of anilines is 2. The van der Waals surface area contributed by atoms with Crippen molar-refractivity contribution in [1.82, 2.24) is 0 Å². The lowest BCUT2D eigenvalue weighted by Crippen LogP contribution is -3.00. The molecule has 0 saturated heterocycles. The molecule has 0 unspecified atom stereocenters. The van der Waals surface area contributed by atoms with Crippen molar-refractivity contribution in [3.63, 3.8) is 0 Å². The number of amides is 2. The minimum atomic E-state index is -0.478. The Morgan fingerprint density at radius 3 is 1.08 bits per heavy atom. The van der Waals surface area contributed by atoms with Gasteiger partial charge in [-0.15, -0.1) is 0 Å². The van der Waals surface area contributed by atoms with Gasteiger partial charge >= 0.3 is 0 Å². The van der Waals surface area contributed by atoms with Crippen molar-refractivity contribution in [2.45, 2.75) is 64.5 Å². The van der Waals surface area contributed by atoms with Gasteiger partial charge in [0.05, 0.1) is 21.0 Å². The zero-order valence-electron chi connectivity index (χ0n) is 26.3. The SMILES string of the molecule is O=C(Nc1ccc([N+](=O)[O-])cc1)c1cc[n+](CCCCCCCCCC[n+]2ccc(C(=O)Nc3ccc([N+](=O)[O-])cc3)cc2)cc1.[Br-].[Br-]. The molecular weight excluding hydrogens is 748 g/mol. The van der Waals surface area contributed by atoms with Crippen LogP contribution in [-0.4, -0.2) is 21.7 Å². The third kappa shape index (κ3) is 12.9. The lowest BCUT2D eigenvalue weighted by Gasteiger charge is -2.05. The fourth-order valence-corrected chi connectivity index (χ4v) is 4.90. The van der Waals surface area contributed by atoms with Gasteiger partial charge in [-0.05, 0) is 37.1 Å². The minimum Gasteiger partial charge on any atom is -1.00 e. The molecule has 2 aromatic carbocycles. The first-order valence-electron chi connectivity index (χ1n) is 15.4. The molecule has 0 aliphatic heterocycles. The molecular formula is C34H38Br2N6O6. The number of nitrogens with zero attached hydrogens (tertiary/aromatic N) is 4. The molecule has 12 nitrogen and oxygen atoms in total. The van der Waals surface area contributed by atoms with Crippen molar-refractivity contribution in [3.8, 4) is 0 Å². The molecule has 0 fully saturated rings. The summed E-state index contributed by atoms with van der Waals surface area (Å²) in [6, 6.07) is 18.6. The molecule has 0 saturated carbocycles. The van der Waals surface area contributed by atoms with Crippen LogP contribution in [0.5, 0.6) is 0 Å². The van der Waals surface area contributed by atoms with Crippen molar-refractivity contribution >= 4 is 34.6 Å². The highest BCUT2D eigenvalue weighted by Gasteiger charge is 2.12. The zero-order chi connectivity index (χ0) is 32.7. The molecule has 14 heteroatoms. The molecule has 0 spiro atoms. The Kier molecular flexibility index (Phi) is 17.0. The van der Waals surface area contributed by atoms with Gasteiger partial charge in [0, 0.05) is 72.7 Å². The summed E-state index contributed by atoms with van der Waals surface area (Å²) < 4.78 is 4.14. The Balaban J connectivity index is 0.00000400. The standard InChI is InChI=1S/C34H36N6O6.2BrH/c41-33(35-29-9-13-31(14-10-29)39(43)44)27-17-23-37(24-18-27)21-7-5-3-1-2-4-6-8-22-38-25-19-28(20-26-38)34(42)36-30-11-15-32(16-12-30)40(45)46;;/h9-20,23-26H,1-8,21-22H2;2*1H. The van der Waals surface area contributed by atoms with Crippen molar-refractivity contribution < 1.29 is 62.5 Å². The van der Waals surface area contributed by atoms with Crippen LogP contribution in [0.25, 0.3) is 0 Å². The molecule has 2 N–H and O–H groups in total. The summed E-state index contributed by atoms with van der Waals surface area (Å²) in [5.41, 5.74) is 2.00. The van der Waals surface area contributed by atoms with Crippen molar-refractivity contribution in [2.75, 3.05) is 10.6 Å². The quantitative estimate of drug-likeness (QED) is 0.0686. The van der Waals surface area contributed by atoms with Crippen LogP contribution in [0, 0.1) is 20.2 Å². The average molecular weight is 787 g/mol. The van der Waals surface area contributed by atoms with Gasteiger partial charge in [0.25, 0.3) is 23.2 Å². The number of rotatable bonds is 17. The van der Waals surface area contributed by atoms with Crippen LogP contribution in [0.2, 0.25) is 0 Å². The van der Waals surface area contributed by atoms with E-state index in [0.717, 1.165) is 38.8 Å². The van der Waals surface area contributed by atoms with Gasteiger partial charge < -0.3 is 44.6 Å². The van der Waals surface area contributed by atoms with Gasteiger partial charge in [0.15, 0.2) is 24.8 Å². The Morgan fingerprint density at radius 2 is 0.792 bits per heavy atom. The number of unbranched alkanes of at least 4 members (excludes halogenated alkanes) is 7. The summed E-state index contributed by atoms with van der Waals surface area (Å²) in [4.78, 5) is 45.5. The second kappa shape index (κ2) is 20.6. The maximum absolute atomic E-state index is 12.5. The number of aromatic nitrogens is 2. The highest BCUT2D eigenvalue weighted by molar-refractivity contribution is 6.04. The molecule has 48 heavy (non-hydrogen) atoms. The Labute approximate surface area is 300 Å². The number of pyridine rings is 2. The van der Waals surface area contributed by atoms with E-state index >= 15 is 0 Å². The molecule has 2 amide bonds. The Bertz CT molecular complexity index is 1500. The monoisotopic (exact) mass is 784 g/mol. The summed E-state index contributed by atoms with van der Waals surface area (Å²) >= 11 is 0. The number of nitrogens with one attached hydrogen (secondary N) is 2. The molecule has 4 aromatic rings. The summed E-state index contributed by atoms with van der Waals surface area (Å²) in [6.45, 7) is 1.78. The minimum absolute atomic E-state index is 0. The van der Waals surface area contributed by atoms with E-state index in [9.17, 15) is 29.8 Å². The molecule has 0 atom stereocenters. The topological polar surface area (TPSA) is 152 Å². The van der Waals surface area contributed by atoms with Crippen LogP contribution in [0.1, 0.15) is 72.1 Å². The zero-order valence-corrected chi connectivity index (χ0v) is 29.5. The number of carbonyl (C=O) groups is 2. The fraction of sp³-hybridized carbons (Fsp3) is 0.294. The number of halogens is 2. The maximum Gasteiger partial charge on any atom is 0.269 e. The smallest absolute Gasteiger partial charge is 0.269 e. The van der Waals surface area contributed by atoms with Crippen LogP contribution in [-0.2, 0) is 13.1 Å². The van der Waals surface area contributed by atoms with Crippen molar-refractivity contribution in [2.24, 2.45) is 0 Å². The summed E-state index contributed by atoms with van der Waals surface area (Å²) in [5, 5.41) is 27.0. The number of nitro groups is 2. The summed E-state index contributed by atoms with van der Waals surface area (Å²) in [6.07, 6.45) is 16.8. The predicted octanol–water partition coefficient (Wildman–Crippen LogP) is 0.412. The van der Waals surface area contributed by atoms with Crippen LogP contribution in [0.4, 0.5) is 22.7 Å². The van der Waals surface area contributed by atoms with E-state index < -0.39 is 9.85 Å². The average Bonchev–Trinajstić information content (AvgIpc) is 3.06. The van der Waals surface area contributed by atoms with Gasteiger partial charge in [0.2, 0.25) is 0 Å². The van der Waals surface area contributed by atoms with Crippen LogP contribution < -0.4 is 53.7 Å². The first kappa shape index (κ1) is 39.6. The lowest BCUT2D eigenvalue weighted by molar-refractivity contribution is -0.697. The predicted molar refractivity (Wildman–Crippen MR) is 172 cm³/mol. The van der Waals surface area contributed by atoms with E-state index in [1.54, 1.807) is 24.3 Å². The fourth-order valence-electron chi connectivity index (χ4n) is 4.90. The van der Waals surface area contributed by atoms with Gasteiger partial charge in [-0.1, -0.05) is 25.7 Å². The first-order valence-corrected chi connectivity index (χ1v) is 15.4. The van der Waals surface area contributed by atoms with Crippen molar-refractivity contribution in [3.05, 3.63) is 129 Å². The number of hydrogen-bond donors (Lipinski definition) is 2. The number of non-ortho nitro benzene ring substituents is 2. The van der Waals surface area contributed by atoms with Gasteiger partial charge in [-0.2, -0.15) is 0 Å². The van der Waals surface area contributed by atoms with Gasteiger partial charge in [-0.3, -0.25) is 29.8 Å². The normalized spacial score (nSPS) is 10.2. The molecule has 2 heterocycles. The third-order valence-corrected chi connectivity index (χ3v) is 7.56. The van der Waals surface area contributed by atoms with E-state index in [0.29, 0.717) is 22.5 Å². The van der Waals surface area contributed by atoms with E-state index in [1.807, 2.05) is 24.8 Å². The molecule has 0 radical (unpaired) electrons. The highest BCUT2D eigenvalue weighted by Crippen LogP contribution is 2.17. The van der Waals surface area contributed by atoms with Crippen LogP contribution in [0.15, 0.2) is 97.6 Å². The number of hydrogen-bond acceptors (Lipinski definition) is 6.